The highest BCUT2D eigenvalue weighted by atomic mass is 16.6. The van der Waals surface area contributed by atoms with Crippen LogP contribution in [0, 0.1) is 10.1 Å². The van der Waals surface area contributed by atoms with Crippen molar-refractivity contribution in [1.29, 1.82) is 0 Å². The van der Waals surface area contributed by atoms with Gasteiger partial charge in [-0.05, 0) is 6.07 Å². The molecule has 1 fully saturated rings. The van der Waals surface area contributed by atoms with E-state index in [1.54, 1.807) is 6.07 Å². The van der Waals surface area contributed by atoms with Crippen LogP contribution in [-0.2, 0) is 4.74 Å². The number of fused-ring (bicyclic) bond motifs is 1. The highest BCUT2D eigenvalue weighted by Gasteiger charge is 2.23. The molecule has 1 aliphatic heterocycles. The third kappa shape index (κ3) is 2.30. The fourth-order valence-electron chi connectivity index (χ4n) is 2.19. The number of morpholine rings is 1. The first-order chi connectivity index (χ1) is 9.67. The number of nitrogens with two attached hydrogens (primary N) is 1. The van der Waals surface area contributed by atoms with Crippen LogP contribution in [0.2, 0.25) is 0 Å². The van der Waals surface area contributed by atoms with E-state index < -0.39 is 4.92 Å². The Bertz CT molecular complexity index is 641. The molecule has 0 radical (unpaired) electrons. The second-order valence-corrected chi connectivity index (χ2v) is 4.58. The minimum atomic E-state index is -0.451. The van der Waals surface area contributed by atoms with Crippen LogP contribution in [0.25, 0.3) is 11.1 Å². The number of oxazole rings is 1. The van der Waals surface area contributed by atoms with Crippen LogP contribution < -0.4 is 10.6 Å². The van der Waals surface area contributed by atoms with Gasteiger partial charge in [-0.25, -0.2) is 0 Å². The lowest BCUT2D eigenvalue weighted by Crippen LogP contribution is -2.45. The van der Waals surface area contributed by atoms with Crippen molar-refractivity contribution in [2.45, 2.75) is 6.10 Å². The molecule has 20 heavy (non-hydrogen) atoms. The molecule has 0 saturated carbocycles. The molecule has 1 saturated heterocycles. The number of ether oxygens (including phenoxy) is 1. The van der Waals surface area contributed by atoms with Gasteiger partial charge in [0.1, 0.15) is 5.52 Å². The fourth-order valence-corrected chi connectivity index (χ4v) is 2.19. The Kier molecular flexibility index (Phi) is 3.25. The van der Waals surface area contributed by atoms with E-state index in [-0.39, 0.29) is 11.8 Å². The molecule has 0 spiro atoms. The lowest BCUT2D eigenvalue weighted by atomic mass is 10.3. The molecule has 0 bridgehead atoms. The molecule has 2 N–H and O–H groups in total. The number of hydrogen-bond acceptors (Lipinski definition) is 7. The predicted octanol–water partition coefficient (Wildman–Crippen LogP) is 0.900. The first-order valence-electron chi connectivity index (χ1n) is 6.29. The zero-order valence-electron chi connectivity index (χ0n) is 10.7. The molecule has 3 rings (SSSR count). The molecule has 0 amide bonds. The standard InChI is InChI=1S/C12H14N4O4/c13-6-9-7-15(3-4-19-9)12-14-10-5-8(16(17)18)1-2-11(10)20-12/h1-2,5,9H,3-4,6-7,13H2. The molecule has 0 aliphatic carbocycles. The summed E-state index contributed by atoms with van der Waals surface area (Å²) in [6.45, 7) is 2.25. The van der Waals surface area contributed by atoms with Crippen LogP contribution >= 0.6 is 0 Å². The van der Waals surface area contributed by atoms with Crippen molar-refractivity contribution >= 4 is 22.8 Å². The van der Waals surface area contributed by atoms with Gasteiger partial charge in [-0.15, -0.1) is 0 Å². The van der Waals surface area contributed by atoms with Gasteiger partial charge in [0, 0.05) is 31.8 Å². The molecule has 8 nitrogen and oxygen atoms in total. The first-order valence-corrected chi connectivity index (χ1v) is 6.29. The molecule has 1 aliphatic rings. The molecule has 1 aromatic heterocycles. The second-order valence-electron chi connectivity index (χ2n) is 4.58. The number of nitro groups is 1. The summed E-state index contributed by atoms with van der Waals surface area (Å²) in [5, 5.41) is 10.7. The predicted molar refractivity (Wildman–Crippen MR) is 71.7 cm³/mol. The zero-order valence-corrected chi connectivity index (χ0v) is 10.7. The first kappa shape index (κ1) is 12.8. The molecule has 1 aromatic carbocycles. The van der Waals surface area contributed by atoms with E-state index in [0.717, 1.165) is 0 Å². The van der Waals surface area contributed by atoms with Gasteiger partial charge in [0.2, 0.25) is 0 Å². The van der Waals surface area contributed by atoms with E-state index in [0.29, 0.717) is 43.4 Å². The summed E-state index contributed by atoms with van der Waals surface area (Å²) < 4.78 is 11.1. The van der Waals surface area contributed by atoms with Crippen molar-refractivity contribution in [3.63, 3.8) is 0 Å². The topological polar surface area (TPSA) is 108 Å². The van der Waals surface area contributed by atoms with Crippen molar-refractivity contribution in [3.8, 4) is 0 Å². The highest BCUT2D eigenvalue weighted by molar-refractivity contribution is 5.77. The van der Waals surface area contributed by atoms with E-state index in [2.05, 4.69) is 4.98 Å². The third-order valence-electron chi connectivity index (χ3n) is 3.24. The average Bonchev–Trinajstić information content (AvgIpc) is 2.90. The number of non-ortho nitro benzene ring substituents is 1. The minimum Gasteiger partial charge on any atom is -0.423 e. The van der Waals surface area contributed by atoms with Gasteiger partial charge in [-0.3, -0.25) is 10.1 Å². The summed E-state index contributed by atoms with van der Waals surface area (Å²) >= 11 is 0. The Labute approximate surface area is 114 Å². The van der Waals surface area contributed by atoms with Crippen molar-refractivity contribution in [3.05, 3.63) is 28.3 Å². The number of hydrogen-bond donors (Lipinski definition) is 1. The quantitative estimate of drug-likeness (QED) is 0.656. The van der Waals surface area contributed by atoms with Crippen molar-refractivity contribution in [2.24, 2.45) is 5.73 Å². The van der Waals surface area contributed by atoms with Crippen LogP contribution in [0.5, 0.6) is 0 Å². The summed E-state index contributed by atoms with van der Waals surface area (Å²) in [5.74, 6) is 0. The fraction of sp³-hybridized carbons (Fsp3) is 0.417. The highest BCUT2D eigenvalue weighted by Crippen LogP contribution is 2.26. The monoisotopic (exact) mass is 278 g/mol. The number of nitrogens with zero attached hydrogens (tertiary/aromatic N) is 3. The van der Waals surface area contributed by atoms with Crippen LogP contribution in [0.3, 0.4) is 0 Å². The maximum Gasteiger partial charge on any atom is 0.298 e. The van der Waals surface area contributed by atoms with Crippen molar-refractivity contribution in [1.82, 2.24) is 4.98 Å². The smallest absolute Gasteiger partial charge is 0.298 e. The van der Waals surface area contributed by atoms with E-state index in [4.69, 9.17) is 14.9 Å². The van der Waals surface area contributed by atoms with Crippen LogP contribution in [0.1, 0.15) is 0 Å². The van der Waals surface area contributed by atoms with Crippen LogP contribution in [0.4, 0.5) is 11.7 Å². The van der Waals surface area contributed by atoms with Crippen molar-refractivity contribution in [2.75, 3.05) is 31.1 Å². The molecule has 1 unspecified atom stereocenters. The third-order valence-corrected chi connectivity index (χ3v) is 3.24. The van der Waals surface area contributed by atoms with Crippen molar-refractivity contribution < 1.29 is 14.1 Å². The Hall–Kier alpha value is -2.19. The molecular weight excluding hydrogens is 264 g/mol. The van der Waals surface area contributed by atoms with Gasteiger partial charge >= 0.3 is 0 Å². The summed E-state index contributed by atoms with van der Waals surface area (Å²) in [6.07, 6.45) is -0.0481. The van der Waals surface area contributed by atoms with Gasteiger partial charge < -0.3 is 19.8 Å². The molecule has 2 aromatic rings. The van der Waals surface area contributed by atoms with E-state index in [1.165, 1.54) is 12.1 Å². The SMILES string of the molecule is NCC1CN(c2nc3cc([N+](=O)[O-])ccc3o2)CCO1. The van der Waals surface area contributed by atoms with E-state index in [9.17, 15) is 10.1 Å². The summed E-state index contributed by atoms with van der Waals surface area (Å²) in [5.41, 5.74) is 6.60. The molecule has 106 valence electrons. The van der Waals surface area contributed by atoms with Crippen LogP contribution in [0.15, 0.2) is 22.6 Å². The Balaban J connectivity index is 1.90. The minimum absolute atomic E-state index is 0.000776. The molecule has 1 atom stereocenters. The van der Waals surface area contributed by atoms with E-state index in [1.807, 2.05) is 4.90 Å². The Morgan fingerprint density at radius 2 is 2.40 bits per heavy atom. The van der Waals surface area contributed by atoms with E-state index >= 15 is 0 Å². The molecular formula is C12H14N4O4. The van der Waals surface area contributed by atoms with Gasteiger partial charge in [-0.1, -0.05) is 0 Å². The summed E-state index contributed by atoms with van der Waals surface area (Å²) in [4.78, 5) is 16.5. The summed E-state index contributed by atoms with van der Waals surface area (Å²) in [7, 11) is 0. The average molecular weight is 278 g/mol. The number of rotatable bonds is 3. The number of anilines is 1. The Morgan fingerprint density at radius 1 is 1.55 bits per heavy atom. The largest absolute Gasteiger partial charge is 0.423 e. The number of nitro benzene ring substituents is 1. The maximum atomic E-state index is 10.7. The van der Waals surface area contributed by atoms with Crippen LogP contribution in [-0.4, -0.2) is 42.3 Å². The van der Waals surface area contributed by atoms with Gasteiger partial charge in [0.25, 0.3) is 11.7 Å². The lowest BCUT2D eigenvalue weighted by Gasteiger charge is -2.30. The van der Waals surface area contributed by atoms with Gasteiger partial charge in [-0.2, -0.15) is 4.98 Å². The molecule has 8 heteroatoms. The normalized spacial score (nSPS) is 19.4. The molecule has 2 heterocycles. The lowest BCUT2D eigenvalue weighted by molar-refractivity contribution is -0.384. The second kappa shape index (κ2) is 5.06. The maximum absolute atomic E-state index is 10.7. The summed E-state index contributed by atoms with van der Waals surface area (Å²) in [6, 6.07) is 4.81. The number of benzene rings is 1. The van der Waals surface area contributed by atoms with Gasteiger partial charge in [0.05, 0.1) is 17.6 Å². The zero-order chi connectivity index (χ0) is 14.1. The Morgan fingerprint density at radius 3 is 3.15 bits per heavy atom. The number of aromatic nitrogens is 1. The van der Waals surface area contributed by atoms with Gasteiger partial charge in [0.15, 0.2) is 5.58 Å².